The van der Waals surface area contributed by atoms with Crippen LogP contribution in [0.3, 0.4) is 0 Å². The first-order valence-electron chi connectivity index (χ1n) is 8.39. The number of aromatic hydroxyl groups is 1. The summed E-state index contributed by atoms with van der Waals surface area (Å²) in [5.74, 6) is -0.858. The Morgan fingerprint density at radius 2 is 1.88 bits per heavy atom. The molecule has 0 spiro atoms. The van der Waals surface area contributed by atoms with Crippen LogP contribution in [0.15, 0.2) is 29.3 Å². The molecule has 0 aromatic heterocycles. The Balaban J connectivity index is 1.82. The topological polar surface area (TPSA) is 88.0 Å². The van der Waals surface area contributed by atoms with E-state index >= 15 is 0 Å². The summed E-state index contributed by atoms with van der Waals surface area (Å²) in [5, 5.41) is 12.2. The highest BCUT2D eigenvalue weighted by Crippen LogP contribution is 2.30. The van der Waals surface area contributed by atoms with Gasteiger partial charge in [-0.2, -0.15) is 0 Å². The van der Waals surface area contributed by atoms with E-state index in [0.717, 1.165) is 31.2 Å². The van der Waals surface area contributed by atoms with Crippen LogP contribution in [0.4, 0.5) is 4.79 Å². The fraction of sp³-hybridized carbons (Fsp3) is 0.500. The molecule has 0 bridgehead atoms. The van der Waals surface area contributed by atoms with Crippen LogP contribution in [0, 0.1) is 5.92 Å². The number of carbonyl (C=O) groups is 2. The molecule has 2 atom stereocenters. The lowest BCUT2D eigenvalue weighted by atomic mass is 9.88. The number of rotatable bonds is 3. The van der Waals surface area contributed by atoms with Crippen LogP contribution in [-0.4, -0.2) is 28.9 Å². The smallest absolute Gasteiger partial charge is 0.341 e. The lowest BCUT2D eigenvalue weighted by molar-refractivity contribution is -0.154. The molecule has 128 valence electrons. The quantitative estimate of drug-likeness (QED) is 0.834. The summed E-state index contributed by atoms with van der Waals surface area (Å²) >= 11 is 0. The number of ether oxygens (including phenoxy) is 1. The third-order valence-electron chi connectivity index (χ3n) is 4.68. The summed E-state index contributed by atoms with van der Waals surface area (Å²) in [4.78, 5) is 28.4. The molecular formula is C18H22N2O4. The Hall–Kier alpha value is -2.37. The van der Waals surface area contributed by atoms with E-state index in [9.17, 15) is 14.7 Å². The molecule has 1 heterocycles. The number of nitrogens with zero attached hydrogens (tertiary/aromatic N) is 1. The van der Waals surface area contributed by atoms with Crippen molar-refractivity contribution in [1.29, 1.82) is 0 Å². The van der Waals surface area contributed by atoms with E-state index in [1.54, 1.807) is 19.1 Å². The number of amides is 2. The molecular weight excluding hydrogens is 308 g/mol. The van der Waals surface area contributed by atoms with Gasteiger partial charge in [0.1, 0.15) is 17.8 Å². The fourth-order valence-corrected chi connectivity index (χ4v) is 3.40. The number of nitrogens with one attached hydrogen (secondary N) is 1. The van der Waals surface area contributed by atoms with Gasteiger partial charge in [-0.3, -0.25) is 4.79 Å². The zero-order chi connectivity index (χ0) is 17.1. The van der Waals surface area contributed by atoms with E-state index in [0.29, 0.717) is 5.71 Å². The number of esters is 1. The van der Waals surface area contributed by atoms with Gasteiger partial charge in [-0.15, -0.1) is 0 Å². The van der Waals surface area contributed by atoms with Crippen LogP contribution in [-0.2, 0) is 9.53 Å². The number of urea groups is 1. The van der Waals surface area contributed by atoms with Crippen LogP contribution in [0.5, 0.6) is 5.75 Å². The number of carbonyl (C=O) groups excluding carboxylic acids is 2. The molecule has 1 aromatic carbocycles. The van der Waals surface area contributed by atoms with E-state index in [1.807, 2.05) is 0 Å². The lowest BCUT2D eigenvalue weighted by Crippen LogP contribution is -2.45. The maximum absolute atomic E-state index is 12.7. The van der Waals surface area contributed by atoms with Crippen molar-refractivity contribution in [2.75, 3.05) is 0 Å². The second kappa shape index (κ2) is 7.03. The van der Waals surface area contributed by atoms with Crippen LogP contribution in [0.2, 0.25) is 0 Å². The van der Waals surface area contributed by atoms with Crippen LogP contribution in [0.25, 0.3) is 0 Å². The normalized spacial score (nSPS) is 24.9. The number of benzene rings is 1. The molecule has 1 aromatic rings. The van der Waals surface area contributed by atoms with E-state index in [1.165, 1.54) is 18.6 Å². The number of hydrogen-bond acceptors (Lipinski definition) is 4. The second-order valence-electron chi connectivity index (χ2n) is 6.45. The lowest BCUT2D eigenvalue weighted by Gasteiger charge is -2.31. The molecule has 0 radical (unpaired) electrons. The summed E-state index contributed by atoms with van der Waals surface area (Å²) in [6, 6.07) is 5.46. The summed E-state index contributed by atoms with van der Waals surface area (Å²) < 4.78 is 5.69. The molecule has 0 saturated heterocycles. The van der Waals surface area contributed by atoms with Gasteiger partial charge < -0.3 is 15.2 Å². The zero-order valence-corrected chi connectivity index (χ0v) is 13.7. The Morgan fingerprint density at radius 3 is 2.54 bits per heavy atom. The highest BCUT2D eigenvalue weighted by atomic mass is 16.5. The number of aliphatic imine (C=N–C) groups is 1. The van der Waals surface area contributed by atoms with Crippen molar-refractivity contribution in [2.24, 2.45) is 10.9 Å². The minimum Gasteiger partial charge on any atom is -0.508 e. The van der Waals surface area contributed by atoms with Crippen molar-refractivity contribution >= 4 is 17.7 Å². The number of hydrogen-bond donors (Lipinski definition) is 2. The molecule has 1 aliphatic carbocycles. The highest BCUT2D eigenvalue weighted by molar-refractivity contribution is 6.08. The minimum atomic E-state index is -0.644. The van der Waals surface area contributed by atoms with Crippen LogP contribution >= 0.6 is 0 Å². The maximum atomic E-state index is 12.7. The molecule has 6 nitrogen and oxygen atoms in total. The fourth-order valence-electron chi connectivity index (χ4n) is 3.40. The minimum absolute atomic E-state index is 0.0443. The van der Waals surface area contributed by atoms with Gasteiger partial charge in [0.15, 0.2) is 0 Å². The van der Waals surface area contributed by atoms with Crippen LogP contribution in [0.1, 0.15) is 50.6 Å². The van der Waals surface area contributed by atoms with Crippen LogP contribution < -0.4 is 5.32 Å². The molecule has 1 fully saturated rings. The third kappa shape index (κ3) is 3.58. The Bertz CT molecular complexity index is 647. The number of phenolic OH excluding ortho intramolecular Hbond substituents is 1. The number of phenols is 1. The van der Waals surface area contributed by atoms with Gasteiger partial charge in [0.25, 0.3) is 0 Å². The van der Waals surface area contributed by atoms with E-state index in [-0.39, 0.29) is 17.8 Å². The molecule has 1 saturated carbocycles. The van der Waals surface area contributed by atoms with E-state index in [4.69, 9.17) is 4.74 Å². The van der Waals surface area contributed by atoms with Crippen molar-refractivity contribution in [3.63, 3.8) is 0 Å². The molecule has 1 aliphatic heterocycles. The molecule has 2 amide bonds. The molecule has 6 heteroatoms. The summed E-state index contributed by atoms with van der Waals surface area (Å²) in [7, 11) is 0. The molecule has 2 aliphatic rings. The average Bonchev–Trinajstić information content (AvgIpc) is 2.55. The first kappa shape index (κ1) is 16.5. The van der Waals surface area contributed by atoms with Gasteiger partial charge in [-0.05, 0) is 50.3 Å². The molecule has 24 heavy (non-hydrogen) atoms. The van der Waals surface area contributed by atoms with Gasteiger partial charge in [-0.1, -0.05) is 18.6 Å². The molecule has 2 N–H and O–H groups in total. The largest absolute Gasteiger partial charge is 0.508 e. The first-order chi connectivity index (χ1) is 11.5. The van der Waals surface area contributed by atoms with Gasteiger partial charge in [0.2, 0.25) is 0 Å². The average molecular weight is 330 g/mol. The highest BCUT2D eigenvalue weighted by Gasteiger charge is 2.39. The van der Waals surface area contributed by atoms with Gasteiger partial charge in [-0.25, -0.2) is 9.79 Å². The third-order valence-corrected chi connectivity index (χ3v) is 4.68. The van der Waals surface area contributed by atoms with Gasteiger partial charge in [0.05, 0.1) is 6.04 Å². The van der Waals surface area contributed by atoms with E-state index < -0.39 is 18.0 Å². The van der Waals surface area contributed by atoms with E-state index in [2.05, 4.69) is 10.3 Å². The predicted octanol–water partition coefficient (Wildman–Crippen LogP) is 3.11. The Labute approximate surface area is 140 Å². The van der Waals surface area contributed by atoms with Crippen molar-refractivity contribution in [3.8, 4) is 5.75 Å². The standard InChI is InChI=1S/C18H22N2O4/c1-11-15(17(22)24-14-5-3-2-4-6-14)16(20-18(23)19-11)12-7-9-13(21)10-8-12/h7-10,14-16,21H,2-6H2,1H3,(H,20,23). The van der Waals surface area contributed by atoms with Crippen molar-refractivity contribution in [2.45, 2.75) is 51.2 Å². The summed E-state index contributed by atoms with van der Waals surface area (Å²) in [6.45, 7) is 1.68. The molecule has 2 unspecified atom stereocenters. The van der Waals surface area contributed by atoms with Crippen molar-refractivity contribution < 1.29 is 19.4 Å². The predicted molar refractivity (Wildman–Crippen MR) is 88.9 cm³/mol. The van der Waals surface area contributed by atoms with Gasteiger partial charge in [0, 0.05) is 5.71 Å². The second-order valence-corrected chi connectivity index (χ2v) is 6.45. The maximum Gasteiger partial charge on any atom is 0.341 e. The summed E-state index contributed by atoms with van der Waals surface area (Å²) in [5.41, 5.74) is 1.19. The SMILES string of the molecule is CC1=NC(=O)NC(c2ccc(O)cc2)C1C(=O)OC1CCCCC1. The molecule has 3 rings (SSSR count). The Morgan fingerprint density at radius 1 is 1.21 bits per heavy atom. The Kier molecular flexibility index (Phi) is 4.83. The summed E-state index contributed by atoms with van der Waals surface area (Å²) in [6.07, 6.45) is 5.08. The van der Waals surface area contributed by atoms with Crippen molar-refractivity contribution in [3.05, 3.63) is 29.8 Å². The first-order valence-corrected chi connectivity index (χ1v) is 8.39. The zero-order valence-electron chi connectivity index (χ0n) is 13.7. The monoisotopic (exact) mass is 330 g/mol. The van der Waals surface area contributed by atoms with Crippen molar-refractivity contribution in [1.82, 2.24) is 5.32 Å². The van der Waals surface area contributed by atoms with Gasteiger partial charge >= 0.3 is 12.0 Å².